The number of anilines is 2. The summed E-state index contributed by atoms with van der Waals surface area (Å²) in [4.78, 5) is 48.3. The van der Waals surface area contributed by atoms with Gasteiger partial charge < -0.3 is 30.7 Å². The molecule has 2 rings (SSSR count). The van der Waals surface area contributed by atoms with E-state index in [1.54, 1.807) is 65.8 Å². The lowest BCUT2D eigenvalue weighted by Crippen LogP contribution is -2.34. The van der Waals surface area contributed by atoms with Crippen molar-refractivity contribution in [2.45, 2.75) is 65.6 Å². The van der Waals surface area contributed by atoms with E-state index in [2.05, 4.69) is 21.3 Å². The number of hydrogen-bond donors (Lipinski definition) is 4. The van der Waals surface area contributed by atoms with Gasteiger partial charge in [-0.2, -0.15) is 0 Å². The summed E-state index contributed by atoms with van der Waals surface area (Å²) in [5.41, 5.74) is -0.0662. The minimum Gasteiger partial charge on any atom is -0.444 e. The maximum Gasteiger partial charge on any atom is 0.407 e. The molecule has 36 heavy (non-hydrogen) atoms. The summed E-state index contributed by atoms with van der Waals surface area (Å²) in [6.45, 7) is 10.8. The molecular weight excluding hydrogens is 464 g/mol. The third-order valence-corrected chi connectivity index (χ3v) is 4.51. The van der Waals surface area contributed by atoms with Gasteiger partial charge in [0.05, 0.1) is 0 Å². The van der Waals surface area contributed by atoms with Crippen molar-refractivity contribution in [1.29, 1.82) is 0 Å². The minimum atomic E-state index is -0.614. The summed E-state index contributed by atoms with van der Waals surface area (Å²) in [5.74, 6) is -0.553. The number of carbonyl (C=O) groups excluding carboxylic acids is 4. The molecule has 0 spiro atoms. The highest BCUT2D eigenvalue weighted by molar-refractivity contribution is 6.09. The molecule has 10 heteroatoms. The van der Waals surface area contributed by atoms with Crippen LogP contribution >= 0.6 is 0 Å². The Morgan fingerprint density at radius 2 is 1.00 bits per heavy atom. The Morgan fingerprint density at radius 3 is 1.33 bits per heavy atom. The van der Waals surface area contributed by atoms with Crippen molar-refractivity contribution in [3.05, 3.63) is 36.4 Å². The fraction of sp³-hybridized carbons (Fsp3) is 0.462. The first kappa shape index (κ1) is 28.4. The molecule has 0 bridgehead atoms. The Labute approximate surface area is 211 Å². The minimum absolute atomic E-state index is 0.0662. The molecule has 4 amide bonds. The number of ether oxygens (including phenoxy) is 2. The van der Waals surface area contributed by atoms with Gasteiger partial charge in [0, 0.05) is 48.1 Å². The summed E-state index contributed by atoms with van der Waals surface area (Å²) in [6, 6.07) is 10.7. The number of benzene rings is 2. The Kier molecular flexibility index (Phi) is 9.66. The predicted molar refractivity (Wildman–Crippen MR) is 139 cm³/mol. The van der Waals surface area contributed by atoms with Crippen molar-refractivity contribution in [3.63, 3.8) is 0 Å². The van der Waals surface area contributed by atoms with Crippen molar-refractivity contribution >= 4 is 46.1 Å². The monoisotopic (exact) mass is 500 g/mol. The van der Waals surface area contributed by atoms with Gasteiger partial charge in [-0.1, -0.05) is 24.3 Å². The van der Waals surface area contributed by atoms with E-state index in [1.807, 2.05) is 12.1 Å². The Balaban J connectivity index is 1.94. The first-order valence-electron chi connectivity index (χ1n) is 11.8. The van der Waals surface area contributed by atoms with Crippen LogP contribution in [0.1, 0.15) is 54.4 Å². The summed E-state index contributed by atoms with van der Waals surface area (Å²) >= 11 is 0. The smallest absolute Gasteiger partial charge is 0.407 e. The van der Waals surface area contributed by atoms with Crippen LogP contribution < -0.4 is 21.3 Å². The van der Waals surface area contributed by atoms with Gasteiger partial charge >= 0.3 is 12.2 Å². The van der Waals surface area contributed by atoms with Crippen LogP contribution in [-0.2, 0) is 19.1 Å². The Hall–Kier alpha value is -3.82. The van der Waals surface area contributed by atoms with Crippen LogP contribution in [0.25, 0.3) is 10.8 Å². The van der Waals surface area contributed by atoms with Gasteiger partial charge in [-0.05, 0) is 53.7 Å². The number of fused-ring (bicyclic) bond motifs is 1. The fourth-order valence-electron chi connectivity index (χ4n) is 3.14. The number of carbonyl (C=O) groups is 4. The topological polar surface area (TPSA) is 135 Å². The van der Waals surface area contributed by atoms with Crippen LogP contribution in [-0.4, -0.2) is 48.3 Å². The number of hydrogen-bond acceptors (Lipinski definition) is 6. The van der Waals surface area contributed by atoms with Crippen LogP contribution in [0, 0.1) is 0 Å². The third-order valence-electron chi connectivity index (χ3n) is 4.51. The molecule has 2 aromatic rings. The van der Waals surface area contributed by atoms with Gasteiger partial charge in [0.15, 0.2) is 0 Å². The zero-order valence-electron chi connectivity index (χ0n) is 21.7. The standard InChI is InChI=1S/C26H36N4O6/c1-25(2,3)35-23(33)27-15-13-21(31)29-19-11-7-10-18-17(19)9-8-12-20(18)30-22(32)14-16-28-24(34)36-26(4,5)6/h7-12H,13-16H2,1-6H3,(H,27,33)(H,28,34)(H,29,31)(H,30,32). The molecule has 2 aromatic carbocycles. The third kappa shape index (κ3) is 10.2. The molecule has 0 aliphatic heterocycles. The van der Waals surface area contributed by atoms with Gasteiger partial charge in [0.1, 0.15) is 11.2 Å². The van der Waals surface area contributed by atoms with Crippen LogP contribution in [0.15, 0.2) is 36.4 Å². The van der Waals surface area contributed by atoms with Gasteiger partial charge in [-0.3, -0.25) is 9.59 Å². The normalized spacial score (nSPS) is 11.4. The highest BCUT2D eigenvalue weighted by atomic mass is 16.6. The van der Waals surface area contributed by atoms with Crippen molar-refractivity contribution in [2.24, 2.45) is 0 Å². The zero-order valence-corrected chi connectivity index (χ0v) is 21.7. The largest absolute Gasteiger partial charge is 0.444 e. The van der Waals surface area contributed by atoms with E-state index >= 15 is 0 Å². The van der Waals surface area contributed by atoms with Crippen LogP contribution in [0.2, 0.25) is 0 Å². The highest BCUT2D eigenvalue weighted by Gasteiger charge is 2.17. The molecule has 4 N–H and O–H groups in total. The van der Waals surface area contributed by atoms with Crippen molar-refractivity contribution in [2.75, 3.05) is 23.7 Å². The Bertz CT molecular complexity index is 1010. The molecule has 0 aliphatic carbocycles. The molecule has 0 radical (unpaired) electrons. The maximum absolute atomic E-state index is 12.4. The Morgan fingerprint density at radius 1 is 0.639 bits per heavy atom. The predicted octanol–water partition coefficient (Wildman–Crippen LogP) is 4.55. The summed E-state index contributed by atoms with van der Waals surface area (Å²) in [5, 5.41) is 12.3. The van der Waals surface area contributed by atoms with Gasteiger partial charge in [-0.25, -0.2) is 9.59 Å². The van der Waals surface area contributed by atoms with E-state index in [9.17, 15) is 19.2 Å². The number of rotatable bonds is 8. The van der Waals surface area contributed by atoms with E-state index in [-0.39, 0.29) is 37.7 Å². The molecule has 0 unspecified atom stereocenters. The zero-order chi connectivity index (χ0) is 26.9. The second-order valence-corrected chi connectivity index (χ2v) is 10.2. The summed E-state index contributed by atoms with van der Waals surface area (Å²) < 4.78 is 10.3. The summed E-state index contributed by atoms with van der Waals surface area (Å²) in [7, 11) is 0. The summed E-state index contributed by atoms with van der Waals surface area (Å²) in [6.07, 6.45) is -1.03. The van der Waals surface area contributed by atoms with Gasteiger partial charge in [0.2, 0.25) is 11.8 Å². The van der Waals surface area contributed by atoms with Gasteiger partial charge in [-0.15, -0.1) is 0 Å². The van der Waals surface area contributed by atoms with Crippen LogP contribution in [0.3, 0.4) is 0 Å². The first-order chi connectivity index (χ1) is 16.7. The lowest BCUT2D eigenvalue weighted by Gasteiger charge is -2.19. The fourth-order valence-corrected chi connectivity index (χ4v) is 3.14. The number of alkyl carbamates (subject to hydrolysis) is 2. The number of amides is 4. The van der Waals surface area contributed by atoms with Crippen molar-refractivity contribution in [1.82, 2.24) is 10.6 Å². The van der Waals surface area contributed by atoms with E-state index in [1.165, 1.54) is 0 Å². The molecule has 0 saturated carbocycles. The van der Waals surface area contributed by atoms with E-state index in [0.717, 1.165) is 10.8 Å². The maximum atomic E-state index is 12.4. The molecular formula is C26H36N4O6. The van der Waals surface area contributed by atoms with Crippen LogP contribution in [0.4, 0.5) is 21.0 Å². The lowest BCUT2D eigenvalue weighted by molar-refractivity contribution is -0.116. The average molecular weight is 501 g/mol. The highest BCUT2D eigenvalue weighted by Crippen LogP contribution is 2.29. The molecule has 0 atom stereocenters. The second kappa shape index (κ2) is 12.2. The van der Waals surface area contributed by atoms with Crippen molar-refractivity contribution < 1.29 is 28.7 Å². The molecule has 0 aromatic heterocycles. The average Bonchev–Trinajstić information content (AvgIpc) is 2.71. The van der Waals surface area contributed by atoms with Crippen molar-refractivity contribution in [3.8, 4) is 0 Å². The second-order valence-electron chi connectivity index (χ2n) is 10.2. The van der Waals surface area contributed by atoms with Crippen LogP contribution in [0.5, 0.6) is 0 Å². The van der Waals surface area contributed by atoms with E-state index < -0.39 is 23.4 Å². The molecule has 0 saturated heterocycles. The first-order valence-corrected chi connectivity index (χ1v) is 11.8. The van der Waals surface area contributed by atoms with E-state index in [0.29, 0.717) is 11.4 Å². The quantitative estimate of drug-likeness (QED) is 0.420. The lowest BCUT2D eigenvalue weighted by atomic mass is 10.1. The number of nitrogens with one attached hydrogen (secondary N) is 4. The molecule has 196 valence electrons. The van der Waals surface area contributed by atoms with E-state index in [4.69, 9.17) is 9.47 Å². The molecule has 0 fully saturated rings. The van der Waals surface area contributed by atoms with Gasteiger partial charge in [0.25, 0.3) is 0 Å². The SMILES string of the molecule is CC(C)(C)OC(=O)NCCC(=O)Nc1cccc2c(NC(=O)CCNC(=O)OC(C)(C)C)cccc12. The molecule has 0 aliphatic rings. The molecule has 10 nitrogen and oxygen atoms in total. The molecule has 0 heterocycles.